The largest absolute Gasteiger partial charge is 0.382 e. The van der Waals surface area contributed by atoms with Gasteiger partial charge in [0.25, 0.3) is 0 Å². The van der Waals surface area contributed by atoms with E-state index in [-0.39, 0.29) is 0 Å². The van der Waals surface area contributed by atoms with Crippen molar-refractivity contribution in [2.45, 2.75) is 25.8 Å². The number of nitriles is 1. The highest BCUT2D eigenvalue weighted by molar-refractivity contribution is 5.64. The van der Waals surface area contributed by atoms with Crippen LogP contribution >= 0.6 is 0 Å². The molecule has 0 aliphatic carbocycles. The van der Waals surface area contributed by atoms with Crippen molar-refractivity contribution in [1.82, 2.24) is 9.78 Å². The van der Waals surface area contributed by atoms with Crippen molar-refractivity contribution in [3.8, 4) is 6.07 Å². The highest BCUT2D eigenvalue weighted by Crippen LogP contribution is 2.30. The van der Waals surface area contributed by atoms with E-state index in [1.54, 1.807) is 0 Å². The van der Waals surface area contributed by atoms with E-state index in [1.807, 2.05) is 29.1 Å². The molecule has 1 saturated heterocycles. The van der Waals surface area contributed by atoms with Gasteiger partial charge >= 0.3 is 0 Å². The SMILES string of the molecule is Cc1cccc(C#N)c1N1CCC(n2ccc(N)n2)CC1. The molecular weight excluding hydrogens is 262 g/mol. The van der Waals surface area contributed by atoms with E-state index in [2.05, 4.69) is 29.1 Å². The van der Waals surface area contributed by atoms with Gasteiger partial charge in [-0.05, 0) is 37.5 Å². The lowest BCUT2D eigenvalue weighted by Gasteiger charge is -2.35. The van der Waals surface area contributed by atoms with Gasteiger partial charge in [-0.1, -0.05) is 12.1 Å². The Kier molecular flexibility index (Phi) is 3.53. The number of hydrogen-bond donors (Lipinski definition) is 1. The predicted molar refractivity (Wildman–Crippen MR) is 83.0 cm³/mol. The summed E-state index contributed by atoms with van der Waals surface area (Å²) in [6.07, 6.45) is 3.98. The summed E-state index contributed by atoms with van der Waals surface area (Å²) in [5.74, 6) is 0.572. The van der Waals surface area contributed by atoms with E-state index in [1.165, 1.54) is 0 Å². The van der Waals surface area contributed by atoms with Gasteiger partial charge in [-0.25, -0.2) is 0 Å². The van der Waals surface area contributed by atoms with Crippen LogP contribution in [0, 0.1) is 18.3 Å². The second kappa shape index (κ2) is 5.49. The van der Waals surface area contributed by atoms with E-state index >= 15 is 0 Å². The van der Waals surface area contributed by atoms with Crippen molar-refractivity contribution in [2.75, 3.05) is 23.7 Å². The molecule has 0 atom stereocenters. The lowest BCUT2D eigenvalue weighted by Crippen LogP contribution is -2.35. The average molecular weight is 281 g/mol. The van der Waals surface area contributed by atoms with Gasteiger partial charge in [0.1, 0.15) is 11.9 Å². The number of aromatic nitrogens is 2. The molecule has 3 rings (SSSR count). The first-order chi connectivity index (χ1) is 10.2. The van der Waals surface area contributed by atoms with Gasteiger partial charge in [0.2, 0.25) is 0 Å². The lowest BCUT2D eigenvalue weighted by molar-refractivity contribution is 0.367. The van der Waals surface area contributed by atoms with Crippen LogP contribution in [0.5, 0.6) is 0 Å². The van der Waals surface area contributed by atoms with E-state index in [0.29, 0.717) is 11.9 Å². The molecule has 0 amide bonds. The summed E-state index contributed by atoms with van der Waals surface area (Å²) in [7, 11) is 0. The molecule has 1 aliphatic rings. The maximum atomic E-state index is 9.30. The molecule has 1 aromatic carbocycles. The van der Waals surface area contributed by atoms with Crippen LogP contribution in [0.15, 0.2) is 30.5 Å². The molecule has 2 aromatic rings. The number of nitrogens with two attached hydrogens (primary N) is 1. The smallest absolute Gasteiger partial charge is 0.145 e. The predicted octanol–water partition coefficient (Wildman–Crippen LogP) is 2.49. The molecule has 0 spiro atoms. The fraction of sp³-hybridized carbons (Fsp3) is 0.375. The molecule has 1 aliphatic heterocycles. The lowest BCUT2D eigenvalue weighted by atomic mass is 10.0. The second-order valence-electron chi connectivity index (χ2n) is 5.52. The van der Waals surface area contributed by atoms with Crippen LogP contribution in [0.2, 0.25) is 0 Å². The summed E-state index contributed by atoms with van der Waals surface area (Å²) in [5.41, 5.74) is 8.69. The van der Waals surface area contributed by atoms with Crippen LogP contribution in [0.25, 0.3) is 0 Å². The summed E-state index contributed by atoms with van der Waals surface area (Å²) < 4.78 is 1.97. The standard InChI is InChI=1S/C16H19N5/c1-12-3-2-4-13(11-17)16(12)20-8-5-14(6-9-20)21-10-7-15(18)19-21/h2-4,7,10,14H,5-6,8-9H2,1H3,(H2,18,19). The minimum atomic E-state index is 0.396. The van der Waals surface area contributed by atoms with E-state index in [9.17, 15) is 5.26 Å². The first-order valence-corrected chi connectivity index (χ1v) is 7.24. The van der Waals surface area contributed by atoms with Crippen molar-refractivity contribution < 1.29 is 0 Å². The number of benzene rings is 1. The molecule has 2 N–H and O–H groups in total. The molecule has 2 heterocycles. The normalized spacial score (nSPS) is 15.9. The van der Waals surface area contributed by atoms with Gasteiger partial charge in [0, 0.05) is 19.3 Å². The Labute approximate surface area is 124 Å². The van der Waals surface area contributed by atoms with Gasteiger partial charge in [0.15, 0.2) is 0 Å². The number of nitrogen functional groups attached to an aromatic ring is 1. The monoisotopic (exact) mass is 281 g/mol. The molecule has 108 valence electrons. The van der Waals surface area contributed by atoms with E-state index in [0.717, 1.165) is 42.7 Å². The number of rotatable bonds is 2. The summed E-state index contributed by atoms with van der Waals surface area (Å²) in [6.45, 7) is 3.93. The topological polar surface area (TPSA) is 70.9 Å². The Balaban J connectivity index is 1.76. The molecule has 0 radical (unpaired) electrons. The van der Waals surface area contributed by atoms with Crippen LogP contribution in [0.1, 0.15) is 30.0 Å². The number of nitrogens with zero attached hydrogens (tertiary/aromatic N) is 4. The summed E-state index contributed by atoms with van der Waals surface area (Å²) in [6, 6.07) is 10.4. The molecule has 5 nitrogen and oxygen atoms in total. The number of hydrogen-bond acceptors (Lipinski definition) is 4. The van der Waals surface area contributed by atoms with Crippen LogP contribution in [-0.4, -0.2) is 22.9 Å². The van der Waals surface area contributed by atoms with Crippen molar-refractivity contribution in [2.24, 2.45) is 0 Å². The zero-order valence-electron chi connectivity index (χ0n) is 12.2. The molecule has 0 unspecified atom stereocenters. The highest BCUT2D eigenvalue weighted by atomic mass is 15.3. The van der Waals surface area contributed by atoms with Crippen molar-refractivity contribution in [1.29, 1.82) is 5.26 Å². The summed E-state index contributed by atoms with van der Waals surface area (Å²) >= 11 is 0. The maximum Gasteiger partial charge on any atom is 0.145 e. The third-order valence-electron chi connectivity index (χ3n) is 4.14. The van der Waals surface area contributed by atoms with Crippen molar-refractivity contribution >= 4 is 11.5 Å². The van der Waals surface area contributed by atoms with Crippen molar-refractivity contribution in [3.63, 3.8) is 0 Å². The van der Waals surface area contributed by atoms with Gasteiger partial charge in [-0.3, -0.25) is 4.68 Å². The Bertz CT molecular complexity index is 674. The van der Waals surface area contributed by atoms with Gasteiger partial charge < -0.3 is 10.6 Å². The van der Waals surface area contributed by atoms with Gasteiger partial charge in [-0.15, -0.1) is 0 Å². The van der Waals surface area contributed by atoms with Crippen LogP contribution in [0.4, 0.5) is 11.5 Å². The minimum absolute atomic E-state index is 0.396. The molecule has 1 aromatic heterocycles. The first kappa shape index (κ1) is 13.5. The maximum absolute atomic E-state index is 9.30. The van der Waals surface area contributed by atoms with Gasteiger partial charge in [0.05, 0.1) is 17.3 Å². The summed E-state index contributed by atoms with van der Waals surface area (Å²) in [4.78, 5) is 2.32. The van der Waals surface area contributed by atoms with Crippen molar-refractivity contribution in [3.05, 3.63) is 41.6 Å². The number of piperidine rings is 1. The van der Waals surface area contributed by atoms with E-state index < -0.39 is 0 Å². The van der Waals surface area contributed by atoms with Crippen LogP contribution < -0.4 is 10.6 Å². The van der Waals surface area contributed by atoms with Crippen LogP contribution in [0.3, 0.4) is 0 Å². The minimum Gasteiger partial charge on any atom is -0.382 e. The number of aryl methyl sites for hydroxylation is 1. The zero-order valence-corrected chi connectivity index (χ0v) is 12.2. The van der Waals surface area contributed by atoms with E-state index in [4.69, 9.17) is 5.73 Å². The number of anilines is 2. The summed E-state index contributed by atoms with van der Waals surface area (Å²) in [5, 5.41) is 13.6. The quantitative estimate of drug-likeness (QED) is 0.918. The Hall–Kier alpha value is -2.48. The molecule has 21 heavy (non-hydrogen) atoms. The highest BCUT2D eigenvalue weighted by Gasteiger charge is 2.23. The Morgan fingerprint density at radius 2 is 2.05 bits per heavy atom. The Morgan fingerprint density at radius 3 is 2.67 bits per heavy atom. The molecule has 5 heteroatoms. The zero-order chi connectivity index (χ0) is 14.8. The fourth-order valence-electron chi connectivity index (χ4n) is 3.08. The number of para-hydroxylation sites is 1. The molecule has 1 fully saturated rings. The van der Waals surface area contributed by atoms with Gasteiger partial charge in [-0.2, -0.15) is 10.4 Å². The van der Waals surface area contributed by atoms with Crippen LogP contribution in [-0.2, 0) is 0 Å². The third kappa shape index (κ3) is 2.57. The molecule has 0 saturated carbocycles. The third-order valence-corrected chi connectivity index (χ3v) is 4.14. The molecule has 0 bridgehead atoms. The fourth-order valence-corrected chi connectivity index (χ4v) is 3.08. The molecular formula is C16H19N5. The Morgan fingerprint density at radius 1 is 1.29 bits per heavy atom. The first-order valence-electron chi connectivity index (χ1n) is 7.24. The average Bonchev–Trinajstić information content (AvgIpc) is 2.94. The second-order valence-corrected chi connectivity index (χ2v) is 5.52.